The highest BCUT2D eigenvalue weighted by Gasteiger charge is 2.47. The molecule has 1 fully saturated rings. The van der Waals surface area contributed by atoms with Crippen LogP contribution in [0.5, 0.6) is 0 Å². The van der Waals surface area contributed by atoms with E-state index >= 15 is 0 Å². The molecule has 0 bridgehead atoms. The normalized spacial score (nSPS) is 19.5. The van der Waals surface area contributed by atoms with Crippen LogP contribution in [0.1, 0.15) is 33.1 Å². The summed E-state index contributed by atoms with van der Waals surface area (Å²) in [5, 5.41) is 3.50. The van der Waals surface area contributed by atoms with Gasteiger partial charge in [-0.2, -0.15) is 0 Å². The summed E-state index contributed by atoms with van der Waals surface area (Å²) in [6.07, 6.45) is 1.86. The Labute approximate surface area is 180 Å². The van der Waals surface area contributed by atoms with Gasteiger partial charge < -0.3 is 5.32 Å². The fourth-order valence-corrected chi connectivity index (χ4v) is 3.60. The van der Waals surface area contributed by atoms with Gasteiger partial charge in [0.05, 0.1) is 0 Å². The fraction of sp³-hybridized carbons (Fsp3) is 0.125. The van der Waals surface area contributed by atoms with Gasteiger partial charge in [0.25, 0.3) is 5.91 Å². The van der Waals surface area contributed by atoms with Crippen molar-refractivity contribution in [3.63, 3.8) is 0 Å². The second-order valence-corrected chi connectivity index (χ2v) is 7.67. The van der Waals surface area contributed by atoms with Crippen molar-refractivity contribution in [2.75, 3.05) is 0 Å². The third-order valence-corrected chi connectivity index (χ3v) is 5.29. The molecule has 0 radical (unpaired) electrons. The number of carbonyl (C=O) groups excluding carboxylic acids is 2. The van der Waals surface area contributed by atoms with Crippen molar-refractivity contribution in [1.82, 2.24) is 10.7 Å². The van der Waals surface area contributed by atoms with Crippen molar-refractivity contribution < 1.29 is 14.3 Å². The van der Waals surface area contributed by atoms with E-state index in [9.17, 15) is 9.59 Å². The summed E-state index contributed by atoms with van der Waals surface area (Å²) < 4.78 is 1.74. The van der Waals surface area contributed by atoms with Gasteiger partial charge >= 0.3 is 5.91 Å². The van der Waals surface area contributed by atoms with Gasteiger partial charge in [0.2, 0.25) is 12.3 Å². The van der Waals surface area contributed by atoms with Crippen LogP contribution in [-0.4, -0.2) is 28.8 Å². The number of carbonyl (C=O) groups is 2. The van der Waals surface area contributed by atoms with Crippen LogP contribution in [0.3, 0.4) is 0 Å². The van der Waals surface area contributed by atoms with Gasteiger partial charge in [-0.3, -0.25) is 9.59 Å². The smallest absolute Gasteiger partial charge is 0.304 e. The molecule has 30 heavy (non-hydrogen) atoms. The maximum Gasteiger partial charge on any atom is 0.304 e. The molecule has 3 aromatic rings. The Balaban J connectivity index is 1.69. The van der Waals surface area contributed by atoms with E-state index in [0.717, 1.165) is 16.7 Å². The van der Waals surface area contributed by atoms with Crippen LogP contribution in [0.4, 0.5) is 0 Å². The Morgan fingerprint density at radius 2 is 1.67 bits per heavy atom. The number of nitrogens with one attached hydrogen (secondary N) is 2. The van der Waals surface area contributed by atoms with Gasteiger partial charge in [-0.05, 0) is 43.3 Å². The summed E-state index contributed by atoms with van der Waals surface area (Å²) in [5.41, 5.74) is 6.24. The molecular weight excluding hydrogens is 398 g/mol. The molecule has 0 saturated carbocycles. The average Bonchev–Trinajstić information content (AvgIpc) is 3.04. The predicted molar refractivity (Wildman–Crippen MR) is 117 cm³/mol. The molecule has 0 aromatic heterocycles. The third kappa shape index (κ3) is 4.26. The van der Waals surface area contributed by atoms with E-state index in [1.54, 1.807) is 28.9 Å². The summed E-state index contributed by atoms with van der Waals surface area (Å²) in [5.74, 6) is -0.571. The first kappa shape index (κ1) is 19.9. The summed E-state index contributed by atoms with van der Waals surface area (Å²) in [4.78, 5) is 25.6. The van der Waals surface area contributed by atoms with Gasteiger partial charge in [-0.15, -0.1) is 10.1 Å². The van der Waals surface area contributed by atoms with Gasteiger partial charge in [0.15, 0.2) is 6.04 Å². The minimum Gasteiger partial charge on any atom is -0.334 e. The van der Waals surface area contributed by atoms with Crippen LogP contribution in [0.25, 0.3) is 0 Å². The SMILES string of the molecule is Cc1ccc(C(=O)N[C@H]2C(=O)N/[N+](=C\c3ccccc3)[C@H]2c2ccc(Cl)cc2)cc1. The van der Waals surface area contributed by atoms with E-state index in [4.69, 9.17) is 11.6 Å². The third-order valence-electron chi connectivity index (χ3n) is 5.04. The zero-order valence-electron chi connectivity index (χ0n) is 16.4. The maximum atomic E-state index is 12.8. The molecule has 5 nitrogen and oxygen atoms in total. The van der Waals surface area contributed by atoms with Gasteiger partial charge in [-0.1, -0.05) is 59.6 Å². The van der Waals surface area contributed by atoms with Crippen LogP contribution in [0, 0.1) is 6.92 Å². The molecular formula is C24H21ClN3O2+. The summed E-state index contributed by atoms with van der Waals surface area (Å²) in [7, 11) is 0. The summed E-state index contributed by atoms with van der Waals surface area (Å²) >= 11 is 6.05. The molecule has 1 aliphatic heterocycles. The Kier molecular flexibility index (Phi) is 5.63. The zero-order valence-corrected chi connectivity index (χ0v) is 17.1. The zero-order chi connectivity index (χ0) is 21.1. The highest BCUT2D eigenvalue weighted by Crippen LogP contribution is 2.26. The Morgan fingerprint density at radius 1 is 1.00 bits per heavy atom. The van der Waals surface area contributed by atoms with Crippen LogP contribution in [0.2, 0.25) is 5.02 Å². The first-order valence-corrected chi connectivity index (χ1v) is 10.0. The number of hydrogen-bond donors (Lipinski definition) is 2. The number of benzene rings is 3. The first-order chi connectivity index (χ1) is 14.5. The van der Waals surface area contributed by atoms with E-state index in [1.807, 2.05) is 67.7 Å². The average molecular weight is 419 g/mol. The molecule has 3 aromatic carbocycles. The van der Waals surface area contributed by atoms with E-state index in [-0.39, 0.29) is 11.8 Å². The molecule has 1 aliphatic rings. The molecule has 0 unspecified atom stereocenters. The van der Waals surface area contributed by atoms with Crippen molar-refractivity contribution in [2.45, 2.75) is 19.0 Å². The summed E-state index contributed by atoms with van der Waals surface area (Å²) in [6.45, 7) is 1.96. The van der Waals surface area contributed by atoms with Crippen LogP contribution < -0.4 is 10.7 Å². The molecule has 4 rings (SSSR count). The number of halogens is 1. The van der Waals surface area contributed by atoms with Gasteiger partial charge in [0.1, 0.15) is 0 Å². The van der Waals surface area contributed by atoms with E-state index < -0.39 is 12.1 Å². The van der Waals surface area contributed by atoms with Crippen molar-refractivity contribution in [1.29, 1.82) is 0 Å². The Hall–Kier alpha value is -3.44. The first-order valence-electron chi connectivity index (χ1n) is 9.63. The largest absolute Gasteiger partial charge is 0.334 e. The Bertz CT molecular complexity index is 1090. The summed E-state index contributed by atoms with van der Waals surface area (Å²) in [6, 6.07) is 23.0. The Morgan fingerprint density at radius 3 is 2.33 bits per heavy atom. The highest BCUT2D eigenvalue weighted by atomic mass is 35.5. The number of rotatable bonds is 4. The van der Waals surface area contributed by atoms with Crippen molar-refractivity contribution >= 4 is 29.6 Å². The van der Waals surface area contributed by atoms with E-state index in [1.165, 1.54) is 0 Å². The van der Waals surface area contributed by atoms with Gasteiger partial charge in [0, 0.05) is 21.7 Å². The van der Waals surface area contributed by atoms with E-state index in [2.05, 4.69) is 10.7 Å². The van der Waals surface area contributed by atoms with Crippen molar-refractivity contribution in [3.05, 3.63) is 106 Å². The van der Waals surface area contributed by atoms with Crippen LogP contribution >= 0.6 is 11.6 Å². The molecule has 2 amide bonds. The highest BCUT2D eigenvalue weighted by molar-refractivity contribution is 6.30. The molecule has 0 aliphatic carbocycles. The van der Waals surface area contributed by atoms with Crippen LogP contribution in [0.15, 0.2) is 78.9 Å². The fourth-order valence-electron chi connectivity index (χ4n) is 3.47. The molecule has 0 spiro atoms. The number of aryl methyl sites for hydroxylation is 1. The maximum absolute atomic E-state index is 12.8. The topological polar surface area (TPSA) is 61.2 Å². The number of hydrazone groups is 1. The van der Waals surface area contributed by atoms with E-state index in [0.29, 0.717) is 10.6 Å². The van der Waals surface area contributed by atoms with Crippen LogP contribution in [-0.2, 0) is 4.79 Å². The second kappa shape index (κ2) is 8.51. The predicted octanol–water partition coefficient (Wildman–Crippen LogP) is 3.66. The minimum absolute atomic E-state index is 0.275. The molecule has 1 saturated heterocycles. The number of nitrogens with zero attached hydrogens (tertiary/aromatic N) is 1. The molecule has 2 atom stereocenters. The number of amides is 2. The standard InChI is InChI=1S/C24H20ClN3O2/c1-16-7-9-19(10-8-16)23(29)26-21-22(18-11-13-20(25)14-12-18)28(27-24(21)30)15-17-5-3-2-4-6-17/h2-15,21-22H,1H3,(H-,26,27,29,30)/p+1/b28-15-/t21-,22+/m1/s1. The lowest BCUT2D eigenvalue weighted by Gasteiger charge is -2.15. The number of hydrazine groups is 1. The lowest BCUT2D eigenvalue weighted by molar-refractivity contribution is -0.596. The number of hydrogen-bond acceptors (Lipinski definition) is 2. The second-order valence-electron chi connectivity index (χ2n) is 7.24. The quantitative estimate of drug-likeness (QED) is 0.635. The lowest BCUT2D eigenvalue weighted by atomic mass is 9.99. The molecule has 6 heteroatoms. The van der Waals surface area contributed by atoms with Crippen molar-refractivity contribution in [2.24, 2.45) is 0 Å². The monoisotopic (exact) mass is 418 g/mol. The van der Waals surface area contributed by atoms with Crippen molar-refractivity contribution in [3.8, 4) is 0 Å². The molecule has 150 valence electrons. The minimum atomic E-state index is -0.764. The lowest BCUT2D eigenvalue weighted by Crippen LogP contribution is -2.42. The van der Waals surface area contributed by atoms with Gasteiger partial charge in [-0.25, -0.2) is 0 Å². The molecule has 1 heterocycles. The molecule has 2 N–H and O–H groups in total.